The Balaban J connectivity index is 1.64. The molecule has 1 saturated heterocycles. The molecule has 0 aromatic rings. The van der Waals surface area contributed by atoms with Gasteiger partial charge in [-0.3, -0.25) is 4.79 Å². The molecule has 2 fully saturated rings. The number of rotatable bonds is 4. The van der Waals surface area contributed by atoms with Gasteiger partial charge in [0, 0.05) is 25.7 Å². The van der Waals surface area contributed by atoms with Crippen LogP contribution in [0.4, 0.5) is 0 Å². The van der Waals surface area contributed by atoms with Crippen LogP contribution in [0.2, 0.25) is 0 Å². The highest BCUT2D eigenvalue weighted by atomic mass is 16.5. The molecule has 0 bridgehead atoms. The molecule has 2 rings (SSSR count). The molecule has 0 aromatic heterocycles. The maximum absolute atomic E-state index is 11.7. The molecule has 0 spiro atoms. The van der Waals surface area contributed by atoms with E-state index in [2.05, 4.69) is 12.2 Å². The van der Waals surface area contributed by atoms with E-state index in [9.17, 15) is 4.79 Å². The highest BCUT2D eigenvalue weighted by Gasteiger charge is 2.23. The van der Waals surface area contributed by atoms with E-state index in [1.165, 1.54) is 12.8 Å². The summed E-state index contributed by atoms with van der Waals surface area (Å²) in [5, 5.41) is 3.32. The lowest BCUT2D eigenvalue weighted by molar-refractivity contribution is -0.137. The highest BCUT2D eigenvalue weighted by Crippen LogP contribution is 2.28. The zero-order valence-corrected chi connectivity index (χ0v) is 9.37. The topological polar surface area (TPSA) is 41.6 Å². The molecule has 1 amide bonds. The molecule has 1 aliphatic carbocycles. The fourth-order valence-electron chi connectivity index (χ4n) is 1.85. The van der Waals surface area contributed by atoms with Crippen molar-refractivity contribution in [2.24, 2.45) is 5.92 Å². The van der Waals surface area contributed by atoms with Gasteiger partial charge in [0.05, 0.1) is 6.61 Å². The van der Waals surface area contributed by atoms with Gasteiger partial charge in [-0.25, -0.2) is 0 Å². The van der Waals surface area contributed by atoms with Crippen LogP contribution in [-0.4, -0.2) is 49.7 Å². The average Bonchev–Trinajstić information content (AvgIpc) is 3.01. The van der Waals surface area contributed by atoms with Gasteiger partial charge in [0.1, 0.15) is 6.61 Å². The average molecular weight is 212 g/mol. The SMILES string of the molecule is C[C@H]1CN(C(=O)COCC2CC2)CCN1. The second-order valence-electron chi connectivity index (χ2n) is 4.65. The van der Waals surface area contributed by atoms with E-state index >= 15 is 0 Å². The minimum absolute atomic E-state index is 0.143. The van der Waals surface area contributed by atoms with Crippen LogP contribution in [0.25, 0.3) is 0 Å². The lowest BCUT2D eigenvalue weighted by Crippen LogP contribution is -2.52. The smallest absolute Gasteiger partial charge is 0.248 e. The molecule has 1 atom stereocenters. The minimum Gasteiger partial charge on any atom is -0.371 e. The van der Waals surface area contributed by atoms with Crippen molar-refractivity contribution >= 4 is 5.91 Å². The van der Waals surface area contributed by atoms with E-state index in [0.717, 1.165) is 32.2 Å². The Morgan fingerprint density at radius 3 is 3.00 bits per heavy atom. The van der Waals surface area contributed by atoms with E-state index in [1.807, 2.05) is 4.90 Å². The Kier molecular flexibility index (Phi) is 3.59. The quantitative estimate of drug-likeness (QED) is 0.725. The largest absolute Gasteiger partial charge is 0.371 e. The molecule has 0 unspecified atom stereocenters. The minimum atomic E-state index is 0.143. The van der Waals surface area contributed by atoms with Crippen LogP contribution in [-0.2, 0) is 9.53 Å². The Morgan fingerprint density at radius 2 is 2.33 bits per heavy atom. The van der Waals surface area contributed by atoms with Crippen LogP contribution >= 0.6 is 0 Å². The molecule has 1 aliphatic heterocycles. The number of ether oxygens (including phenoxy) is 1. The summed E-state index contributed by atoms with van der Waals surface area (Å²) in [6, 6.07) is 0.408. The van der Waals surface area contributed by atoms with Crippen molar-refractivity contribution < 1.29 is 9.53 Å². The summed E-state index contributed by atoms with van der Waals surface area (Å²) in [5.74, 6) is 0.878. The molecule has 1 heterocycles. The number of piperazine rings is 1. The summed E-state index contributed by atoms with van der Waals surface area (Å²) < 4.78 is 5.40. The first-order valence-corrected chi connectivity index (χ1v) is 5.84. The lowest BCUT2D eigenvalue weighted by Gasteiger charge is -2.31. The lowest BCUT2D eigenvalue weighted by atomic mass is 10.2. The molecule has 0 radical (unpaired) electrons. The number of nitrogens with one attached hydrogen (secondary N) is 1. The summed E-state index contributed by atoms with van der Waals surface area (Å²) in [5.41, 5.74) is 0. The van der Waals surface area contributed by atoms with E-state index in [-0.39, 0.29) is 12.5 Å². The number of hydrogen-bond donors (Lipinski definition) is 1. The first kappa shape index (κ1) is 10.9. The van der Waals surface area contributed by atoms with E-state index in [4.69, 9.17) is 4.74 Å². The van der Waals surface area contributed by atoms with E-state index in [1.54, 1.807) is 0 Å². The molecular formula is C11H20N2O2. The predicted molar refractivity (Wildman–Crippen MR) is 57.6 cm³/mol. The second-order valence-corrected chi connectivity index (χ2v) is 4.65. The van der Waals surface area contributed by atoms with Gasteiger partial charge in [-0.2, -0.15) is 0 Å². The summed E-state index contributed by atoms with van der Waals surface area (Å²) in [7, 11) is 0. The molecular weight excluding hydrogens is 192 g/mol. The third kappa shape index (κ3) is 3.47. The maximum atomic E-state index is 11.7. The van der Waals surface area contributed by atoms with Crippen LogP contribution in [0.3, 0.4) is 0 Å². The molecule has 2 aliphatic rings. The number of carbonyl (C=O) groups is 1. The standard InChI is InChI=1S/C11H20N2O2/c1-9-6-13(5-4-12-9)11(14)8-15-7-10-2-3-10/h9-10,12H,2-8H2,1H3/t9-/m0/s1. The molecule has 86 valence electrons. The Labute approximate surface area is 91.0 Å². The van der Waals surface area contributed by atoms with Crippen molar-refractivity contribution in [3.05, 3.63) is 0 Å². The molecule has 4 heteroatoms. The van der Waals surface area contributed by atoms with Gasteiger partial charge in [0.15, 0.2) is 0 Å². The van der Waals surface area contributed by atoms with Gasteiger partial charge in [-0.1, -0.05) is 0 Å². The van der Waals surface area contributed by atoms with Crippen molar-refractivity contribution in [3.63, 3.8) is 0 Å². The molecule has 0 aromatic carbocycles. The maximum Gasteiger partial charge on any atom is 0.248 e. The van der Waals surface area contributed by atoms with Gasteiger partial charge < -0.3 is 15.0 Å². The number of carbonyl (C=O) groups excluding carboxylic acids is 1. The Morgan fingerprint density at radius 1 is 1.53 bits per heavy atom. The van der Waals surface area contributed by atoms with Gasteiger partial charge in [0.2, 0.25) is 5.91 Å². The first-order chi connectivity index (χ1) is 7.25. The van der Waals surface area contributed by atoms with Crippen molar-refractivity contribution in [3.8, 4) is 0 Å². The van der Waals surface area contributed by atoms with Crippen molar-refractivity contribution in [1.29, 1.82) is 0 Å². The summed E-state index contributed by atoms with van der Waals surface area (Å²) in [4.78, 5) is 13.6. The van der Waals surface area contributed by atoms with Crippen LogP contribution in [0, 0.1) is 5.92 Å². The molecule has 1 saturated carbocycles. The second kappa shape index (κ2) is 4.94. The predicted octanol–water partition coefficient (Wildman–Crippen LogP) is 0.233. The monoisotopic (exact) mass is 212 g/mol. The third-order valence-electron chi connectivity index (χ3n) is 3.00. The van der Waals surface area contributed by atoms with Crippen LogP contribution < -0.4 is 5.32 Å². The number of amides is 1. The fourth-order valence-corrected chi connectivity index (χ4v) is 1.85. The Hall–Kier alpha value is -0.610. The summed E-state index contributed by atoms with van der Waals surface area (Å²) in [6.07, 6.45) is 2.55. The van der Waals surface area contributed by atoms with Gasteiger partial charge in [-0.15, -0.1) is 0 Å². The van der Waals surface area contributed by atoms with Gasteiger partial charge in [-0.05, 0) is 25.7 Å². The number of nitrogens with zero attached hydrogens (tertiary/aromatic N) is 1. The van der Waals surface area contributed by atoms with Crippen molar-refractivity contribution in [1.82, 2.24) is 10.2 Å². The first-order valence-electron chi connectivity index (χ1n) is 5.84. The summed E-state index contributed by atoms with van der Waals surface area (Å²) in [6.45, 7) is 5.66. The van der Waals surface area contributed by atoms with Crippen molar-refractivity contribution in [2.75, 3.05) is 32.8 Å². The molecule has 1 N–H and O–H groups in total. The van der Waals surface area contributed by atoms with E-state index in [0.29, 0.717) is 6.04 Å². The van der Waals surface area contributed by atoms with Crippen LogP contribution in [0.5, 0.6) is 0 Å². The van der Waals surface area contributed by atoms with Gasteiger partial charge in [0.25, 0.3) is 0 Å². The third-order valence-corrected chi connectivity index (χ3v) is 3.00. The fraction of sp³-hybridized carbons (Fsp3) is 0.909. The zero-order chi connectivity index (χ0) is 10.7. The highest BCUT2D eigenvalue weighted by molar-refractivity contribution is 5.77. The number of hydrogen-bond acceptors (Lipinski definition) is 3. The molecule has 4 nitrogen and oxygen atoms in total. The Bertz CT molecular complexity index is 229. The van der Waals surface area contributed by atoms with Crippen LogP contribution in [0.15, 0.2) is 0 Å². The van der Waals surface area contributed by atoms with Crippen molar-refractivity contribution in [2.45, 2.75) is 25.8 Å². The van der Waals surface area contributed by atoms with Gasteiger partial charge >= 0.3 is 0 Å². The van der Waals surface area contributed by atoms with E-state index < -0.39 is 0 Å². The van der Waals surface area contributed by atoms with Crippen LogP contribution in [0.1, 0.15) is 19.8 Å². The molecule has 15 heavy (non-hydrogen) atoms. The summed E-state index contributed by atoms with van der Waals surface area (Å²) >= 11 is 0. The normalized spacial score (nSPS) is 26.7. The zero-order valence-electron chi connectivity index (χ0n) is 9.37.